The maximum absolute atomic E-state index is 5.37. The minimum absolute atomic E-state index is 0. The Balaban J connectivity index is 0.00000324. The number of nitrogens with one attached hydrogen (secondary N) is 2. The first-order chi connectivity index (χ1) is 8.86. The summed E-state index contributed by atoms with van der Waals surface area (Å²) in [4.78, 5) is 4.48. The van der Waals surface area contributed by atoms with Gasteiger partial charge in [0.05, 0.1) is 26.4 Å². The maximum Gasteiger partial charge on any atom is 0.191 e. The van der Waals surface area contributed by atoms with Crippen LogP contribution in [-0.4, -0.2) is 52.0 Å². The van der Waals surface area contributed by atoms with Crippen LogP contribution in [0.1, 0.15) is 19.8 Å². The number of hydrogen-bond donors (Lipinski definition) is 2. The van der Waals surface area contributed by atoms with Crippen LogP contribution in [0.2, 0.25) is 0 Å². The van der Waals surface area contributed by atoms with E-state index in [-0.39, 0.29) is 24.0 Å². The average molecular weight is 383 g/mol. The Morgan fingerprint density at radius 2 is 2.00 bits per heavy atom. The zero-order valence-electron chi connectivity index (χ0n) is 11.9. The van der Waals surface area contributed by atoms with Gasteiger partial charge in [0.15, 0.2) is 5.96 Å². The zero-order chi connectivity index (χ0) is 13.1. The van der Waals surface area contributed by atoms with E-state index in [9.17, 15) is 0 Å². The van der Waals surface area contributed by atoms with Crippen LogP contribution in [0.15, 0.2) is 17.1 Å². The number of methoxy groups -OCH3 is 1. The lowest BCUT2D eigenvalue weighted by Crippen LogP contribution is -2.42. The molecule has 0 radical (unpaired) electrons. The number of guanidine groups is 1. The highest BCUT2D eigenvalue weighted by molar-refractivity contribution is 14.0. The molecule has 0 heterocycles. The SMILES string of the molecule is CCNC(=NCCOCCOC)NC1CC=CC1.I. The Bertz CT molecular complexity index is 265. The van der Waals surface area contributed by atoms with Crippen LogP contribution in [0.4, 0.5) is 0 Å². The molecule has 112 valence electrons. The van der Waals surface area contributed by atoms with Crippen LogP contribution in [0, 0.1) is 0 Å². The summed E-state index contributed by atoms with van der Waals surface area (Å²) in [5, 5.41) is 6.66. The van der Waals surface area contributed by atoms with E-state index < -0.39 is 0 Å². The van der Waals surface area contributed by atoms with Gasteiger partial charge < -0.3 is 20.1 Å². The molecule has 2 N–H and O–H groups in total. The number of rotatable bonds is 8. The lowest BCUT2D eigenvalue weighted by Gasteiger charge is -2.16. The summed E-state index contributed by atoms with van der Waals surface area (Å²) < 4.78 is 10.3. The van der Waals surface area contributed by atoms with Crippen molar-refractivity contribution in [1.82, 2.24) is 10.6 Å². The summed E-state index contributed by atoms with van der Waals surface area (Å²) in [7, 11) is 1.67. The largest absolute Gasteiger partial charge is 0.382 e. The van der Waals surface area contributed by atoms with Gasteiger partial charge in [-0.3, -0.25) is 4.99 Å². The van der Waals surface area contributed by atoms with Crippen molar-refractivity contribution < 1.29 is 9.47 Å². The van der Waals surface area contributed by atoms with Crippen LogP contribution in [-0.2, 0) is 9.47 Å². The van der Waals surface area contributed by atoms with E-state index in [0.29, 0.717) is 32.4 Å². The van der Waals surface area contributed by atoms with Gasteiger partial charge in [-0.05, 0) is 19.8 Å². The minimum Gasteiger partial charge on any atom is -0.382 e. The molecule has 0 saturated heterocycles. The molecule has 0 bridgehead atoms. The van der Waals surface area contributed by atoms with Gasteiger partial charge in [0, 0.05) is 19.7 Å². The highest BCUT2D eigenvalue weighted by Gasteiger charge is 2.10. The Kier molecular flexibility index (Phi) is 12.5. The molecular weight excluding hydrogens is 357 g/mol. The first kappa shape index (κ1) is 18.7. The molecule has 0 atom stereocenters. The van der Waals surface area contributed by atoms with Crippen molar-refractivity contribution in [3.8, 4) is 0 Å². The third-order valence-electron chi connectivity index (χ3n) is 2.63. The van der Waals surface area contributed by atoms with Gasteiger partial charge in [-0.25, -0.2) is 0 Å². The smallest absolute Gasteiger partial charge is 0.191 e. The van der Waals surface area contributed by atoms with E-state index in [1.807, 2.05) is 0 Å². The second kappa shape index (κ2) is 12.7. The van der Waals surface area contributed by atoms with Gasteiger partial charge in [0.1, 0.15) is 0 Å². The first-order valence-corrected chi connectivity index (χ1v) is 6.63. The Hall–Kier alpha value is -0.340. The fourth-order valence-electron chi connectivity index (χ4n) is 1.71. The third kappa shape index (κ3) is 9.23. The van der Waals surface area contributed by atoms with Crippen LogP contribution in [0.3, 0.4) is 0 Å². The summed E-state index contributed by atoms with van der Waals surface area (Å²) in [6.07, 6.45) is 6.56. The van der Waals surface area contributed by atoms with Crippen LogP contribution >= 0.6 is 24.0 Å². The van der Waals surface area contributed by atoms with E-state index in [4.69, 9.17) is 9.47 Å². The van der Waals surface area contributed by atoms with Crippen molar-refractivity contribution in [3.05, 3.63) is 12.2 Å². The minimum atomic E-state index is 0. The number of nitrogens with zero attached hydrogens (tertiary/aromatic N) is 1. The van der Waals surface area contributed by atoms with Gasteiger partial charge in [-0.1, -0.05) is 12.2 Å². The molecule has 1 aliphatic carbocycles. The number of ether oxygens (including phenoxy) is 2. The molecular formula is C13H26IN3O2. The zero-order valence-corrected chi connectivity index (χ0v) is 14.2. The Morgan fingerprint density at radius 1 is 1.26 bits per heavy atom. The predicted molar refractivity (Wildman–Crippen MR) is 89.4 cm³/mol. The molecule has 1 aliphatic rings. The molecule has 0 fully saturated rings. The second-order valence-corrected chi connectivity index (χ2v) is 4.15. The van der Waals surface area contributed by atoms with Gasteiger partial charge in [0.25, 0.3) is 0 Å². The topological polar surface area (TPSA) is 54.9 Å². The quantitative estimate of drug-likeness (QED) is 0.220. The van der Waals surface area contributed by atoms with E-state index >= 15 is 0 Å². The number of aliphatic imine (C=N–C) groups is 1. The first-order valence-electron chi connectivity index (χ1n) is 6.63. The molecule has 0 aromatic carbocycles. The molecule has 1 rings (SSSR count). The molecule has 6 heteroatoms. The molecule has 0 unspecified atom stereocenters. The van der Waals surface area contributed by atoms with Crippen LogP contribution in [0.5, 0.6) is 0 Å². The molecule has 5 nitrogen and oxygen atoms in total. The lowest BCUT2D eigenvalue weighted by molar-refractivity contribution is 0.0748. The fourth-order valence-corrected chi connectivity index (χ4v) is 1.71. The van der Waals surface area contributed by atoms with Crippen molar-refractivity contribution in [3.63, 3.8) is 0 Å². The highest BCUT2D eigenvalue weighted by Crippen LogP contribution is 2.08. The summed E-state index contributed by atoms with van der Waals surface area (Å²) in [6.45, 7) is 5.50. The van der Waals surface area contributed by atoms with Gasteiger partial charge >= 0.3 is 0 Å². The summed E-state index contributed by atoms with van der Waals surface area (Å²) in [6, 6.07) is 0.484. The summed E-state index contributed by atoms with van der Waals surface area (Å²) >= 11 is 0. The van der Waals surface area contributed by atoms with E-state index in [1.54, 1.807) is 7.11 Å². The van der Waals surface area contributed by atoms with Gasteiger partial charge in [-0.15, -0.1) is 24.0 Å². The standard InChI is InChI=1S/C13H25N3O2.HI/c1-3-14-13(16-12-6-4-5-7-12)15-8-9-18-11-10-17-2;/h4-5,12H,3,6-11H2,1-2H3,(H2,14,15,16);1H. The molecule has 0 aliphatic heterocycles. The molecule has 0 aromatic heterocycles. The predicted octanol–water partition coefficient (Wildman–Crippen LogP) is 1.54. The maximum atomic E-state index is 5.37. The number of hydrogen-bond acceptors (Lipinski definition) is 3. The monoisotopic (exact) mass is 383 g/mol. The van der Waals surface area contributed by atoms with Crippen molar-refractivity contribution in [2.45, 2.75) is 25.8 Å². The summed E-state index contributed by atoms with van der Waals surface area (Å²) in [5.41, 5.74) is 0. The Labute approximate surface area is 133 Å². The van der Waals surface area contributed by atoms with Gasteiger partial charge in [0.2, 0.25) is 0 Å². The van der Waals surface area contributed by atoms with Crippen molar-refractivity contribution in [2.75, 3.05) is 40.0 Å². The normalized spacial score (nSPS) is 15.4. The second-order valence-electron chi connectivity index (χ2n) is 4.15. The average Bonchev–Trinajstić information content (AvgIpc) is 2.86. The Morgan fingerprint density at radius 3 is 2.63 bits per heavy atom. The lowest BCUT2D eigenvalue weighted by atomic mass is 10.2. The van der Waals surface area contributed by atoms with Crippen LogP contribution < -0.4 is 10.6 Å². The van der Waals surface area contributed by atoms with Crippen molar-refractivity contribution in [1.29, 1.82) is 0 Å². The molecule has 0 spiro atoms. The van der Waals surface area contributed by atoms with E-state index in [0.717, 1.165) is 25.3 Å². The van der Waals surface area contributed by atoms with Gasteiger partial charge in [-0.2, -0.15) is 0 Å². The van der Waals surface area contributed by atoms with E-state index in [2.05, 4.69) is 34.7 Å². The van der Waals surface area contributed by atoms with Crippen molar-refractivity contribution >= 4 is 29.9 Å². The molecule has 0 amide bonds. The van der Waals surface area contributed by atoms with Crippen LogP contribution in [0.25, 0.3) is 0 Å². The molecule has 19 heavy (non-hydrogen) atoms. The van der Waals surface area contributed by atoms with E-state index in [1.165, 1.54) is 0 Å². The highest BCUT2D eigenvalue weighted by atomic mass is 127. The van der Waals surface area contributed by atoms with Crippen molar-refractivity contribution in [2.24, 2.45) is 4.99 Å². The fraction of sp³-hybridized carbons (Fsp3) is 0.769. The molecule has 0 aromatic rings. The third-order valence-corrected chi connectivity index (χ3v) is 2.63. The summed E-state index contributed by atoms with van der Waals surface area (Å²) in [5.74, 6) is 0.876. The number of halogens is 1. The molecule has 0 saturated carbocycles.